The molecule has 0 aliphatic heterocycles. The van der Waals surface area contributed by atoms with Gasteiger partial charge in [-0.15, -0.1) is 0 Å². The van der Waals surface area contributed by atoms with E-state index in [1.165, 1.54) is 28.5 Å². The van der Waals surface area contributed by atoms with Crippen LogP contribution in [0.4, 0.5) is 4.39 Å². The summed E-state index contributed by atoms with van der Waals surface area (Å²) in [6.07, 6.45) is 0. The first kappa shape index (κ1) is 14.9. The molecule has 0 unspecified atom stereocenters. The summed E-state index contributed by atoms with van der Waals surface area (Å²) in [5, 5.41) is 2.40. The first-order valence-electron chi connectivity index (χ1n) is 8.24. The number of aromatic amines is 1. The van der Waals surface area contributed by atoms with Gasteiger partial charge in [0.05, 0.1) is 0 Å². The predicted molar refractivity (Wildman–Crippen MR) is 99.9 cm³/mol. The molecule has 24 heavy (non-hydrogen) atoms. The fraction of sp³-hybridized carbons (Fsp3) is 0.182. The molecular formula is C22H20FN. The number of halogens is 1. The molecule has 0 bridgehead atoms. The van der Waals surface area contributed by atoms with Gasteiger partial charge in [0, 0.05) is 21.8 Å². The zero-order valence-electron chi connectivity index (χ0n) is 14.2. The van der Waals surface area contributed by atoms with Gasteiger partial charge in [-0.25, -0.2) is 4.39 Å². The number of nitrogens with one attached hydrogen (secondary N) is 1. The van der Waals surface area contributed by atoms with E-state index in [-0.39, 0.29) is 11.2 Å². The van der Waals surface area contributed by atoms with Crippen molar-refractivity contribution in [2.45, 2.75) is 26.2 Å². The lowest BCUT2D eigenvalue weighted by molar-refractivity contribution is 0.591. The number of H-pyrrole nitrogens is 1. The maximum absolute atomic E-state index is 13.4. The van der Waals surface area contributed by atoms with E-state index in [2.05, 4.69) is 56.1 Å². The van der Waals surface area contributed by atoms with Crippen molar-refractivity contribution in [1.29, 1.82) is 0 Å². The second-order valence-electron chi connectivity index (χ2n) is 7.37. The molecule has 0 aliphatic carbocycles. The summed E-state index contributed by atoms with van der Waals surface area (Å²) in [5.74, 6) is -0.208. The highest BCUT2D eigenvalue weighted by Crippen LogP contribution is 2.38. The molecule has 0 saturated carbocycles. The Morgan fingerprint density at radius 3 is 2.25 bits per heavy atom. The largest absolute Gasteiger partial charge is 0.354 e. The Morgan fingerprint density at radius 2 is 1.54 bits per heavy atom. The van der Waals surface area contributed by atoms with E-state index in [0.717, 1.165) is 22.2 Å². The van der Waals surface area contributed by atoms with Crippen LogP contribution < -0.4 is 0 Å². The molecule has 120 valence electrons. The van der Waals surface area contributed by atoms with Crippen molar-refractivity contribution in [3.05, 3.63) is 72.0 Å². The van der Waals surface area contributed by atoms with Gasteiger partial charge in [0.15, 0.2) is 0 Å². The third-order valence-electron chi connectivity index (χ3n) is 4.63. The number of benzene rings is 3. The molecule has 0 atom stereocenters. The van der Waals surface area contributed by atoms with Gasteiger partial charge in [-0.05, 0) is 52.4 Å². The molecule has 0 aliphatic rings. The highest BCUT2D eigenvalue weighted by atomic mass is 19.1. The molecule has 0 saturated heterocycles. The van der Waals surface area contributed by atoms with Crippen LogP contribution in [0.25, 0.3) is 32.9 Å². The van der Waals surface area contributed by atoms with Gasteiger partial charge in [-0.3, -0.25) is 0 Å². The smallest absolute Gasteiger partial charge is 0.123 e. The van der Waals surface area contributed by atoms with Gasteiger partial charge in [0.25, 0.3) is 0 Å². The molecule has 1 nitrogen and oxygen atoms in total. The minimum absolute atomic E-state index is 0.0419. The molecule has 1 N–H and O–H groups in total. The summed E-state index contributed by atoms with van der Waals surface area (Å²) in [4.78, 5) is 3.54. The summed E-state index contributed by atoms with van der Waals surface area (Å²) >= 11 is 0. The standard InChI is InChI=1S/C22H20FN/c1-22(2,3)15-12-18(14-8-10-16(23)11-9-14)21-17-6-4-5-7-19(17)24-20(21)13-15/h4-13,24H,1-3H3. The van der Waals surface area contributed by atoms with Gasteiger partial charge in [0.1, 0.15) is 5.82 Å². The van der Waals surface area contributed by atoms with E-state index in [1.807, 2.05) is 18.2 Å². The Kier molecular flexibility index (Phi) is 3.24. The molecule has 1 heterocycles. The summed E-state index contributed by atoms with van der Waals surface area (Å²) in [5.41, 5.74) is 5.75. The van der Waals surface area contributed by atoms with E-state index in [1.54, 1.807) is 0 Å². The van der Waals surface area contributed by atoms with Crippen LogP contribution in [0.1, 0.15) is 26.3 Å². The lowest BCUT2D eigenvalue weighted by Gasteiger charge is -2.21. The van der Waals surface area contributed by atoms with Crippen molar-refractivity contribution in [3.8, 4) is 11.1 Å². The molecule has 4 aromatic rings. The Hall–Kier alpha value is -2.61. The third-order valence-corrected chi connectivity index (χ3v) is 4.63. The second kappa shape index (κ2) is 5.20. The molecular weight excluding hydrogens is 297 g/mol. The Bertz CT molecular complexity index is 1030. The van der Waals surface area contributed by atoms with Crippen molar-refractivity contribution < 1.29 is 4.39 Å². The van der Waals surface area contributed by atoms with Crippen molar-refractivity contribution in [3.63, 3.8) is 0 Å². The Balaban J connectivity index is 2.13. The van der Waals surface area contributed by atoms with E-state index < -0.39 is 0 Å². The monoisotopic (exact) mass is 317 g/mol. The maximum atomic E-state index is 13.4. The normalized spacial score (nSPS) is 12.2. The zero-order valence-corrected chi connectivity index (χ0v) is 14.2. The lowest BCUT2D eigenvalue weighted by Crippen LogP contribution is -2.11. The SMILES string of the molecule is CC(C)(C)c1cc(-c2ccc(F)cc2)c2c(c1)[nH]c1ccccc12. The van der Waals surface area contributed by atoms with Crippen LogP contribution >= 0.6 is 0 Å². The van der Waals surface area contributed by atoms with E-state index in [9.17, 15) is 4.39 Å². The lowest BCUT2D eigenvalue weighted by atomic mass is 9.84. The Labute approximate surface area is 141 Å². The number of rotatable bonds is 1. The van der Waals surface area contributed by atoms with Crippen LogP contribution in [0.15, 0.2) is 60.7 Å². The van der Waals surface area contributed by atoms with Crippen molar-refractivity contribution in [1.82, 2.24) is 4.98 Å². The van der Waals surface area contributed by atoms with Crippen molar-refractivity contribution in [2.24, 2.45) is 0 Å². The first-order valence-corrected chi connectivity index (χ1v) is 8.24. The average molecular weight is 317 g/mol. The summed E-state index contributed by atoms with van der Waals surface area (Å²) in [7, 11) is 0. The van der Waals surface area contributed by atoms with Crippen LogP contribution in [0.3, 0.4) is 0 Å². The van der Waals surface area contributed by atoms with Gasteiger partial charge < -0.3 is 4.98 Å². The molecule has 0 radical (unpaired) electrons. The number of hydrogen-bond acceptors (Lipinski definition) is 0. The molecule has 3 aromatic carbocycles. The van der Waals surface area contributed by atoms with E-state index in [0.29, 0.717) is 0 Å². The quantitative estimate of drug-likeness (QED) is 0.416. The van der Waals surface area contributed by atoms with Gasteiger partial charge in [-0.1, -0.05) is 51.1 Å². The predicted octanol–water partition coefficient (Wildman–Crippen LogP) is 6.42. The van der Waals surface area contributed by atoms with Crippen LogP contribution in [0.2, 0.25) is 0 Å². The second-order valence-corrected chi connectivity index (χ2v) is 7.37. The molecule has 0 fully saturated rings. The number of aromatic nitrogens is 1. The van der Waals surface area contributed by atoms with E-state index in [4.69, 9.17) is 0 Å². The van der Waals surface area contributed by atoms with Crippen LogP contribution in [0.5, 0.6) is 0 Å². The molecule has 2 heteroatoms. The highest BCUT2D eigenvalue weighted by molar-refractivity contribution is 6.14. The number of hydrogen-bond donors (Lipinski definition) is 1. The summed E-state index contributed by atoms with van der Waals surface area (Å²) in [6.45, 7) is 6.64. The first-order chi connectivity index (χ1) is 11.4. The van der Waals surface area contributed by atoms with Crippen LogP contribution in [-0.4, -0.2) is 4.98 Å². The summed E-state index contributed by atoms with van der Waals surface area (Å²) in [6, 6.07) is 19.6. The van der Waals surface area contributed by atoms with Crippen LogP contribution in [-0.2, 0) is 5.41 Å². The third kappa shape index (κ3) is 2.39. The van der Waals surface area contributed by atoms with Gasteiger partial charge >= 0.3 is 0 Å². The van der Waals surface area contributed by atoms with Crippen molar-refractivity contribution >= 4 is 21.8 Å². The number of para-hydroxylation sites is 1. The van der Waals surface area contributed by atoms with Gasteiger partial charge in [-0.2, -0.15) is 0 Å². The van der Waals surface area contributed by atoms with E-state index >= 15 is 0 Å². The highest BCUT2D eigenvalue weighted by Gasteiger charge is 2.19. The Morgan fingerprint density at radius 1 is 0.833 bits per heavy atom. The minimum Gasteiger partial charge on any atom is -0.354 e. The average Bonchev–Trinajstić information content (AvgIpc) is 2.92. The molecule has 0 spiro atoms. The molecule has 0 amide bonds. The zero-order chi connectivity index (χ0) is 16.9. The topological polar surface area (TPSA) is 15.8 Å². The van der Waals surface area contributed by atoms with Gasteiger partial charge in [0.2, 0.25) is 0 Å². The maximum Gasteiger partial charge on any atom is 0.123 e. The number of fused-ring (bicyclic) bond motifs is 3. The fourth-order valence-electron chi connectivity index (χ4n) is 3.28. The minimum atomic E-state index is -0.208. The summed E-state index contributed by atoms with van der Waals surface area (Å²) < 4.78 is 13.4. The molecule has 4 rings (SSSR count). The van der Waals surface area contributed by atoms with Crippen LogP contribution in [0, 0.1) is 5.82 Å². The molecule has 1 aromatic heterocycles. The van der Waals surface area contributed by atoms with Crippen molar-refractivity contribution in [2.75, 3.05) is 0 Å². The fourth-order valence-corrected chi connectivity index (χ4v) is 3.28.